The predicted molar refractivity (Wildman–Crippen MR) is 77.1 cm³/mol. The fraction of sp³-hybridized carbons (Fsp3) is 0.400. The molecule has 3 nitrogen and oxygen atoms in total. The molecule has 1 aromatic carbocycles. The van der Waals surface area contributed by atoms with Gasteiger partial charge in [-0.25, -0.2) is 4.98 Å². The van der Waals surface area contributed by atoms with Crippen LogP contribution in [0.4, 0.5) is 0 Å². The summed E-state index contributed by atoms with van der Waals surface area (Å²) < 4.78 is 5.73. The van der Waals surface area contributed by atoms with Crippen LogP contribution in [-0.2, 0) is 17.8 Å². The summed E-state index contributed by atoms with van der Waals surface area (Å²) in [5.41, 5.74) is 2.12. The lowest BCUT2D eigenvalue weighted by Gasteiger charge is -2.12. The Kier molecular flexibility index (Phi) is 4.32. The summed E-state index contributed by atoms with van der Waals surface area (Å²) in [6.07, 6.45) is 1.80. The third-order valence-electron chi connectivity index (χ3n) is 2.79. The summed E-state index contributed by atoms with van der Waals surface area (Å²) in [5.74, 6) is 1.72. The first-order valence-electron chi connectivity index (χ1n) is 6.27. The SMILES string of the molecule is CC(C)(C)c1cnc(SCc2ccc(CO)cc2)o1. The number of hydrogen-bond donors (Lipinski definition) is 1. The van der Waals surface area contributed by atoms with Gasteiger partial charge in [0.15, 0.2) is 0 Å². The van der Waals surface area contributed by atoms with E-state index in [1.165, 1.54) is 5.56 Å². The van der Waals surface area contributed by atoms with Gasteiger partial charge >= 0.3 is 0 Å². The molecule has 0 bridgehead atoms. The quantitative estimate of drug-likeness (QED) is 0.864. The van der Waals surface area contributed by atoms with Crippen LogP contribution in [0.2, 0.25) is 0 Å². The maximum absolute atomic E-state index is 8.99. The highest BCUT2D eigenvalue weighted by atomic mass is 32.2. The fourth-order valence-corrected chi connectivity index (χ4v) is 2.32. The fourth-order valence-electron chi connectivity index (χ4n) is 1.56. The molecule has 2 aromatic rings. The Morgan fingerprint density at radius 2 is 1.79 bits per heavy atom. The molecule has 1 heterocycles. The van der Waals surface area contributed by atoms with Crippen LogP contribution in [0, 0.1) is 0 Å². The van der Waals surface area contributed by atoms with Crippen LogP contribution in [0.15, 0.2) is 40.1 Å². The highest BCUT2D eigenvalue weighted by Gasteiger charge is 2.19. The monoisotopic (exact) mass is 277 g/mol. The first-order chi connectivity index (χ1) is 8.99. The number of aromatic nitrogens is 1. The van der Waals surface area contributed by atoms with Gasteiger partial charge in [-0.05, 0) is 11.1 Å². The van der Waals surface area contributed by atoms with Crippen molar-refractivity contribution in [3.8, 4) is 0 Å². The van der Waals surface area contributed by atoms with Gasteiger partial charge in [0.1, 0.15) is 5.76 Å². The van der Waals surface area contributed by atoms with Crippen molar-refractivity contribution in [1.82, 2.24) is 4.98 Å². The molecule has 0 saturated heterocycles. The van der Waals surface area contributed by atoms with Gasteiger partial charge in [0, 0.05) is 11.2 Å². The maximum Gasteiger partial charge on any atom is 0.256 e. The zero-order chi connectivity index (χ0) is 13.9. The second-order valence-corrected chi connectivity index (χ2v) is 6.43. The van der Waals surface area contributed by atoms with Crippen molar-refractivity contribution < 1.29 is 9.52 Å². The third kappa shape index (κ3) is 3.85. The third-order valence-corrected chi connectivity index (χ3v) is 3.70. The maximum atomic E-state index is 8.99. The van der Waals surface area contributed by atoms with Crippen LogP contribution in [-0.4, -0.2) is 10.1 Å². The number of oxazole rings is 1. The number of thioether (sulfide) groups is 1. The largest absolute Gasteiger partial charge is 0.436 e. The van der Waals surface area contributed by atoms with Gasteiger partial charge in [-0.1, -0.05) is 56.8 Å². The molecule has 0 aliphatic rings. The Morgan fingerprint density at radius 3 is 2.32 bits per heavy atom. The molecule has 4 heteroatoms. The van der Waals surface area contributed by atoms with E-state index in [1.807, 2.05) is 24.3 Å². The van der Waals surface area contributed by atoms with E-state index in [-0.39, 0.29) is 12.0 Å². The summed E-state index contributed by atoms with van der Waals surface area (Å²) in [5, 5.41) is 9.69. The van der Waals surface area contributed by atoms with Gasteiger partial charge in [-0.15, -0.1) is 0 Å². The topological polar surface area (TPSA) is 46.3 Å². The number of rotatable bonds is 4. The van der Waals surface area contributed by atoms with Gasteiger partial charge in [0.05, 0.1) is 12.8 Å². The Bertz CT molecular complexity index is 526. The minimum Gasteiger partial charge on any atom is -0.436 e. The Balaban J connectivity index is 1.96. The van der Waals surface area contributed by atoms with Crippen LogP contribution in [0.5, 0.6) is 0 Å². The van der Waals surface area contributed by atoms with Gasteiger partial charge < -0.3 is 9.52 Å². The second kappa shape index (κ2) is 5.80. The Labute approximate surface area is 118 Å². The summed E-state index contributed by atoms with van der Waals surface area (Å²) in [6, 6.07) is 7.91. The van der Waals surface area contributed by atoms with E-state index in [1.54, 1.807) is 18.0 Å². The van der Waals surface area contributed by atoms with Crippen molar-refractivity contribution in [2.75, 3.05) is 0 Å². The summed E-state index contributed by atoms with van der Waals surface area (Å²) >= 11 is 1.58. The molecule has 19 heavy (non-hydrogen) atoms. The average molecular weight is 277 g/mol. The van der Waals surface area contributed by atoms with Crippen molar-refractivity contribution in [3.05, 3.63) is 47.3 Å². The highest BCUT2D eigenvalue weighted by molar-refractivity contribution is 7.98. The molecule has 0 atom stereocenters. The van der Waals surface area contributed by atoms with Crippen LogP contribution in [0.1, 0.15) is 37.7 Å². The molecule has 0 aliphatic carbocycles. The molecule has 0 saturated carbocycles. The molecule has 0 radical (unpaired) electrons. The summed E-state index contributed by atoms with van der Waals surface area (Å²) in [7, 11) is 0. The number of hydrogen-bond acceptors (Lipinski definition) is 4. The molecule has 0 spiro atoms. The van der Waals surface area contributed by atoms with Crippen molar-refractivity contribution in [1.29, 1.82) is 0 Å². The van der Waals surface area contributed by atoms with Crippen LogP contribution in [0.25, 0.3) is 0 Å². The molecule has 1 aromatic heterocycles. The predicted octanol–water partition coefficient (Wildman–Crippen LogP) is 3.76. The molecule has 102 valence electrons. The summed E-state index contributed by atoms with van der Waals surface area (Å²) in [4.78, 5) is 4.29. The average Bonchev–Trinajstić information content (AvgIpc) is 2.86. The molecule has 2 rings (SSSR count). The van der Waals surface area contributed by atoms with Crippen LogP contribution in [0.3, 0.4) is 0 Å². The smallest absolute Gasteiger partial charge is 0.256 e. The number of benzene rings is 1. The lowest BCUT2D eigenvalue weighted by molar-refractivity contribution is 0.282. The van der Waals surface area contributed by atoms with Crippen molar-refractivity contribution >= 4 is 11.8 Å². The number of aliphatic hydroxyl groups excluding tert-OH is 1. The minimum absolute atomic E-state index is 0.00537. The highest BCUT2D eigenvalue weighted by Crippen LogP contribution is 2.28. The minimum atomic E-state index is -0.00537. The lowest BCUT2D eigenvalue weighted by Crippen LogP contribution is -2.09. The first-order valence-corrected chi connectivity index (χ1v) is 7.25. The zero-order valence-electron chi connectivity index (χ0n) is 11.5. The van der Waals surface area contributed by atoms with E-state index in [0.29, 0.717) is 5.22 Å². The van der Waals surface area contributed by atoms with E-state index in [2.05, 4.69) is 25.8 Å². The normalized spacial score (nSPS) is 11.8. The van der Waals surface area contributed by atoms with Gasteiger partial charge in [0.25, 0.3) is 5.22 Å². The molecular weight excluding hydrogens is 258 g/mol. The van der Waals surface area contributed by atoms with Crippen molar-refractivity contribution in [2.24, 2.45) is 0 Å². The van der Waals surface area contributed by atoms with Gasteiger partial charge in [-0.2, -0.15) is 0 Å². The van der Waals surface area contributed by atoms with Crippen LogP contribution >= 0.6 is 11.8 Å². The second-order valence-electron chi connectivity index (χ2n) is 5.50. The van der Waals surface area contributed by atoms with Crippen LogP contribution < -0.4 is 0 Å². The standard InChI is InChI=1S/C15H19NO2S/c1-15(2,3)13-8-16-14(18-13)19-10-12-6-4-11(9-17)5-7-12/h4-8,17H,9-10H2,1-3H3. The number of aliphatic hydroxyl groups is 1. The first kappa shape index (κ1) is 14.2. The summed E-state index contributed by atoms with van der Waals surface area (Å²) in [6.45, 7) is 6.41. The van der Waals surface area contributed by atoms with Gasteiger partial charge in [0.2, 0.25) is 0 Å². The van der Waals surface area contributed by atoms with E-state index in [4.69, 9.17) is 9.52 Å². The molecule has 0 amide bonds. The van der Waals surface area contributed by atoms with E-state index in [0.717, 1.165) is 17.1 Å². The molecule has 0 fully saturated rings. The van der Waals surface area contributed by atoms with E-state index < -0.39 is 0 Å². The Hall–Kier alpha value is -1.26. The van der Waals surface area contributed by atoms with E-state index >= 15 is 0 Å². The zero-order valence-corrected chi connectivity index (χ0v) is 12.3. The molecule has 0 aliphatic heterocycles. The van der Waals surface area contributed by atoms with Crippen molar-refractivity contribution in [2.45, 2.75) is 43.8 Å². The lowest BCUT2D eigenvalue weighted by atomic mass is 9.94. The van der Waals surface area contributed by atoms with Gasteiger partial charge in [-0.3, -0.25) is 0 Å². The molecular formula is C15H19NO2S. The number of nitrogens with zero attached hydrogens (tertiary/aromatic N) is 1. The van der Waals surface area contributed by atoms with Crippen molar-refractivity contribution in [3.63, 3.8) is 0 Å². The molecule has 0 unspecified atom stereocenters. The van der Waals surface area contributed by atoms with E-state index in [9.17, 15) is 0 Å². The Morgan fingerprint density at radius 1 is 1.16 bits per heavy atom. The molecule has 1 N–H and O–H groups in total.